The molecule has 114 valence electrons. The molecule has 0 amide bonds. The quantitative estimate of drug-likeness (QED) is 0.626. The second-order valence-electron chi connectivity index (χ2n) is 4.28. The monoisotopic (exact) mass is 321 g/mol. The highest BCUT2D eigenvalue weighted by atomic mass is 32.2. The number of aryl methyl sites for hydroxylation is 1. The van der Waals surface area contributed by atoms with E-state index in [0.717, 1.165) is 11.8 Å². The summed E-state index contributed by atoms with van der Waals surface area (Å²) in [6.07, 6.45) is 2.57. The van der Waals surface area contributed by atoms with Crippen molar-refractivity contribution >= 4 is 20.0 Å². The third-order valence-corrected chi connectivity index (χ3v) is 3.98. The van der Waals surface area contributed by atoms with Gasteiger partial charge in [0.25, 0.3) is 10.1 Å². The van der Waals surface area contributed by atoms with E-state index in [2.05, 4.69) is 6.58 Å². The molecule has 1 aromatic rings. The van der Waals surface area contributed by atoms with E-state index in [0.29, 0.717) is 0 Å². The Kier molecular flexibility index (Phi) is 7.07. The Bertz CT molecular complexity index is 633. The number of rotatable bonds is 4. The summed E-state index contributed by atoms with van der Waals surface area (Å²) in [5.74, 6) is -0.0174. The summed E-state index contributed by atoms with van der Waals surface area (Å²) in [6, 6.07) is 5.56. The van der Waals surface area contributed by atoms with E-state index in [-0.39, 0.29) is 10.6 Å². The molecule has 8 heteroatoms. The lowest BCUT2D eigenvalue weighted by Gasteiger charge is -2.01. The fraction of sp³-hybridized carbons (Fsp3) is 0.333. The van der Waals surface area contributed by atoms with Gasteiger partial charge in [-0.3, -0.25) is 4.55 Å². The molecule has 0 aliphatic carbocycles. The molecule has 0 heterocycles. The average molecular weight is 321 g/mol. The Labute approximate surface area is 120 Å². The summed E-state index contributed by atoms with van der Waals surface area (Å²) in [6.45, 7) is 5.20. The molecule has 0 aromatic heterocycles. The van der Waals surface area contributed by atoms with Crippen LogP contribution >= 0.6 is 0 Å². The molecule has 1 unspecified atom stereocenters. The van der Waals surface area contributed by atoms with Crippen molar-refractivity contribution in [1.29, 1.82) is 0 Å². The summed E-state index contributed by atoms with van der Waals surface area (Å²) in [7, 11) is -6.95. The first-order chi connectivity index (χ1) is 8.95. The molecule has 1 atom stereocenters. The predicted molar refractivity (Wildman–Crippen MR) is 78.9 cm³/mol. The zero-order valence-corrected chi connectivity index (χ0v) is 13.0. The van der Waals surface area contributed by atoms with Gasteiger partial charge in [0.2, 0.25) is 0 Å². The van der Waals surface area contributed by atoms with E-state index in [4.69, 9.17) is 10.3 Å². The predicted octanol–water partition coefficient (Wildman–Crippen LogP) is 0.786. The van der Waals surface area contributed by atoms with Crippen LogP contribution in [0.15, 0.2) is 41.8 Å². The third kappa shape index (κ3) is 8.81. The fourth-order valence-electron chi connectivity index (χ4n) is 1.13. The lowest BCUT2D eigenvalue weighted by molar-refractivity contribution is 0.483. The third-order valence-electron chi connectivity index (χ3n) is 2.12. The van der Waals surface area contributed by atoms with E-state index < -0.39 is 26.0 Å². The summed E-state index contributed by atoms with van der Waals surface area (Å²) < 4.78 is 50.5. The van der Waals surface area contributed by atoms with Gasteiger partial charge < -0.3 is 5.73 Å². The van der Waals surface area contributed by atoms with Gasteiger partial charge in [-0.1, -0.05) is 23.8 Å². The van der Waals surface area contributed by atoms with Crippen LogP contribution in [0.1, 0.15) is 5.56 Å². The maximum Gasteiger partial charge on any atom is 0.294 e. The number of benzene rings is 1. The van der Waals surface area contributed by atoms with Crippen molar-refractivity contribution in [2.45, 2.75) is 17.9 Å². The van der Waals surface area contributed by atoms with Crippen LogP contribution in [-0.2, 0) is 20.0 Å². The van der Waals surface area contributed by atoms with Crippen molar-refractivity contribution in [2.24, 2.45) is 5.73 Å². The SMILES string of the molecule is C=CC(N)CS(C)(=O)=O.Cc1ccc(S(=O)(=O)O)cc1. The van der Waals surface area contributed by atoms with Gasteiger partial charge in [0, 0.05) is 12.3 Å². The highest BCUT2D eigenvalue weighted by Crippen LogP contribution is 2.08. The van der Waals surface area contributed by atoms with Crippen LogP contribution in [0, 0.1) is 6.92 Å². The van der Waals surface area contributed by atoms with Gasteiger partial charge in [-0.25, -0.2) is 8.42 Å². The normalized spacial score (nSPS) is 13.0. The Morgan fingerprint density at radius 3 is 1.95 bits per heavy atom. The lowest BCUT2D eigenvalue weighted by Crippen LogP contribution is -2.26. The first-order valence-corrected chi connectivity index (χ1v) is 9.06. The molecule has 0 radical (unpaired) electrons. The van der Waals surface area contributed by atoms with Crippen LogP contribution in [0.3, 0.4) is 0 Å². The highest BCUT2D eigenvalue weighted by molar-refractivity contribution is 7.90. The van der Waals surface area contributed by atoms with Crippen LogP contribution in [0.4, 0.5) is 0 Å². The molecule has 1 rings (SSSR count). The van der Waals surface area contributed by atoms with E-state index in [9.17, 15) is 16.8 Å². The molecular weight excluding hydrogens is 302 g/mol. The summed E-state index contributed by atoms with van der Waals surface area (Å²) in [5, 5.41) is 0. The van der Waals surface area contributed by atoms with Crippen molar-refractivity contribution in [1.82, 2.24) is 0 Å². The van der Waals surface area contributed by atoms with E-state index >= 15 is 0 Å². The van der Waals surface area contributed by atoms with E-state index in [1.54, 1.807) is 12.1 Å². The van der Waals surface area contributed by atoms with E-state index in [1.165, 1.54) is 18.2 Å². The Balaban J connectivity index is 0.000000370. The maximum absolute atomic E-state index is 10.5. The van der Waals surface area contributed by atoms with E-state index in [1.807, 2.05) is 6.92 Å². The van der Waals surface area contributed by atoms with Crippen molar-refractivity contribution in [2.75, 3.05) is 12.0 Å². The van der Waals surface area contributed by atoms with Crippen molar-refractivity contribution in [3.63, 3.8) is 0 Å². The molecule has 3 N–H and O–H groups in total. The molecule has 0 saturated heterocycles. The van der Waals surface area contributed by atoms with Gasteiger partial charge in [-0.2, -0.15) is 8.42 Å². The molecule has 20 heavy (non-hydrogen) atoms. The molecular formula is C12H19NO5S2. The standard InChI is InChI=1S/C7H8O3S.C5H11NO2S/c1-6-2-4-7(5-3-6)11(8,9)10;1-3-5(6)4-9(2,7)8/h2-5H,1H3,(H,8,9,10);3,5H,1,4,6H2,2H3. The topological polar surface area (TPSA) is 115 Å². The Hall–Kier alpha value is -1.22. The summed E-state index contributed by atoms with van der Waals surface area (Å²) in [4.78, 5) is -0.0666. The van der Waals surface area contributed by atoms with Crippen LogP contribution in [0.2, 0.25) is 0 Å². The fourth-order valence-corrected chi connectivity index (χ4v) is 2.44. The Morgan fingerprint density at radius 2 is 1.70 bits per heavy atom. The van der Waals surface area contributed by atoms with Gasteiger partial charge in [-0.05, 0) is 19.1 Å². The van der Waals surface area contributed by atoms with Gasteiger partial charge in [0.05, 0.1) is 10.6 Å². The largest absolute Gasteiger partial charge is 0.324 e. The smallest absolute Gasteiger partial charge is 0.294 e. The zero-order valence-electron chi connectivity index (χ0n) is 11.4. The molecule has 0 aliphatic heterocycles. The molecule has 0 saturated carbocycles. The van der Waals surface area contributed by atoms with Crippen molar-refractivity contribution in [3.05, 3.63) is 42.5 Å². The zero-order chi connectivity index (χ0) is 16.0. The first-order valence-electron chi connectivity index (χ1n) is 5.55. The van der Waals surface area contributed by atoms with Crippen molar-refractivity contribution in [3.8, 4) is 0 Å². The molecule has 0 spiro atoms. The minimum Gasteiger partial charge on any atom is -0.324 e. The van der Waals surface area contributed by atoms with Crippen LogP contribution < -0.4 is 5.73 Å². The minimum atomic E-state index is -4.02. The van der Waals surface area contributed by atoms with Crippen LogP contribution in [0.5, 0.6) is 0 Å². The number of nitrogens with two attached hydrogens (primary N) is 1. The minimum absolute atomic E-state index is 0.0174. The second kappa shape index (κ2) is 7.53. The average Bonchev–Trinajstić information content (AvgIpc) is 2.27. The summed E-state index contributed by atoms with van der Waals surface area (Å²) >= 11 is 0. The first kappa shape index (κ1) is 18.8. The molecule has 1 aromatic carbocycles. The maximum atomic E-state index is 10.5. The molecule has 0 fully saturated rings. The molecule has 0 bridgehead atoms. The number of sulfone groups is 1. The molecule has 0 aliphatic rings. The van der Waals surface area contributed by atoms with Gasteiger partial charge in [0.15, 0.2) is 0 Å². The summed E-state index contributed by atoms with van der Waals surface area (Å²) in [5.41, 5.74) is 6.22. The Morgan fingerprint density at radius 1 is 1.25 bits per heavy atom. The molecule has 6 nitrogen and oxygen atoms in total. The van der Waals surface area contributed by atoms with Gasteiger partial charge in [0.1, 0.15) is 9.84 Å². The van der Waals surface area contributed by atoms with Gasteiger partial charge in [-0.15, -0.1) is 6.58 Å². The van der Waals surface area contributed by atoms with Gasteiger partial charge >= 0.3 is 0 Å². The second-order valence-corrected chi connectivity index (χ2v) is 7.89. The van der Waals surface area contributed by atoms with Crippen molar-refractivity contribution < 1.29 is 21.4 Å². The number of hydrogen-bond acceptors (Lipinski definition) is 5. The number of hydrogen-bond donors (Lipinski definition) is 2. The highest BCUT2D eigenvalue weighted by Gasteiger charge is 2.07. The van der Waals surface area contributed by atoms with Crippen LogP contribution in [0.25, 0.3) is 0 Å². The van der Waals surface area contributed by atoms with Crippen LogP contribution in [-0.4, -0.2) is 39.4 Å². The lowest BCUT2D eigenvalue weighted by atomic mass is 10.2.